The topological polar surface area (TPSA) is 68.3 Å². The van der Waals surface area contributed by atoms with Crippen LogP contribution in [0.5, 0.6) is 11.5 Å². The SMILES string of the molecule is COC(=O)CC1c2cc(OC)c(OC)cc2CCN1C(=O)/C=C/c1ccc(N(C)C)cc1. The minimum absolute atomic E-state index is 0.0656. The van der Waals surface area contributed by atoms with E-state index in [0.717, 1.165) is 22.4 Å². The largest absolute Gasteiger partial charge is 0.493 e. The van der Waals surface area contributed by atoms with Crippen molar-refractivity contribution < 1.29 is 23.8 Å². The summed E-state index contributed by atoms with van der Waals surface area (Å²) in [5.41, 5.74) is 3.92. The van der Waals surface area contributed by atoms with Crippen LogP contribution in [0.2, 0.25) is 0 Å². The van der Waals surface area contributed by atoms with E-state index < -0.39 is 6.04 Å². The number of hydrogen-bond donors (Lipinski definition) is 0. The monoisotopic (exact) mass is 438 g/mol. The van der Waals surface area contributed by atoms with Crippen LogP contribution in [-0.4, -0.2) is 58.7 Å². The molecule has 1 atom stereocenters. The number of anilines is 1. The van der Waals surface area contributed by atoms with Gasteiger partial charge in [0.25, 0.3) is 0 Å². The molecular weight excluding hydrogens is 408 g/mol. The molecule has 2 aromatic rings. The molecule has 170 valence electrons. The van der Waals surface area contributed by atoms with Gasteiger partial charge >= 0.3 is 5.97 Å². The van der Waals surface area contributed by atoms with Crippen LogP contribution < -0.4 is 14.4 Å². The molecule has 0 N–H and O–H groups in total. The molecule has 1 amide bonds. The average molecular weight is 439 g/mol. The van der Waals surface area contributed by atoms with Crippen LogP contribution in [-0.2, 0) is 20.7 Å². The van der Waals surface area contributed by atoms with E-state index in [9.17, 15) is 9.59 Å². The molecule has 7 heteroatoms. The Morgan fingerprint density at radius 1 is 1.06 bits per heavy atom. The number of carbonyl (C=O) groups excluding carboxylic acids is 2. The van der Waals surface area contributed by atoms with Gasteiger partial charge in [0.05, 0.1) is 33.8 Å². The Hall–Kier alpha value is -3.48. The predicted molar refractivity (Wildman–Crippen MR) is 124 cm³/mol. The number of amides is 1. The van der Waals surface area contributed by atoms with E-state index in [1.807, 2.05) is 55.4 Å². The molecule has 1 heterocycles. The number of rotatable bonds is 7. The van der Waals surface area contributed by atoms with Crippen molar-refractivity contribution in [3.05, 3.63) is 59.2 Å². The molecule has 1 aliphatic heterocycles. The van der Waals surface area contributed by atoms with Crippen LogP contribution in [0.15, 0.2) is 42.5 Å². The first-order valence-corrected chi connectivity index (χ1v) is 10.5. The first-order chi connectivity index (χ1) is 15.4. The summed E-state index contributed by atoms with van der Waals surface area (Å²) < 4.78 is 15.8. The lowest BCUT2D eigenvalue weighted by Crippen LogP contribution is -2.40. The van der Waals surface area contributed by atoms with E-state index in [1.165, 1.54) is 7.11 Å². The maximum absolute atomic E-state index is 13.1. The van der Waals surface area contributed by atoms with Crippen LogP contribution >= 0.6 is 0 Å². The highest BCUT2D eigenvalue weighted by Gasteiger charge is 2.33. The number of carbonyl (C=O) groups is 2. The predicted octanol–water partition coefficient (Wildman–Crippen LogP) is 3.47. The van der Waals surface area contributed by atoms with Crippen LogP contribution in [0.1, 0.15) is 29.2 Å². The Morgan fingerprint density at radius 3 is 2.31 bits per heavy atom. The fraction of sp³-hybridized carbons (Fsp3) is 0.360. The zero-order chi connectivity index (χ0) is 23.3. The van der Waals surface area contributed by atoms with Gasteiger partial charge in [0, 0.05) is 32.4 Å². The molecule has 7 nitrogen and oxygen atoms in total. The van der Waals surface area contributed by atoms with Crippen molar-refractivity contribution in [3.63, 3.8) is 0 Å². The molecule has 3 rings (SSSR count). The van der Waals surface area contributed by atoms with Crippen molar-refractivity contribution in [2.24, 2.45) is 0 Å². The fourth-order valence-corrected chi connectivity index (χ4v) is 3.90. The van der Waals surface area contributed by atoms with Crippen LogP contribution in [0.3, 0.4) is 0 Å². The summed E-state index contributed by atoms with van der Waals surface area (Å²) in [6.07, 6.45) is 4.07. The van der Waals surface area contributed by atoms with E-state index in [0.29, 0.717) is 24.5 Å². The van der Waals surface area contributed by atoms with Crippen LogP contribution in [0, 0.1) is 0 Å². The fourth-order valence-electron chi connectivity index (χ4n) is 3.90. The Labute approximate surface area is 189 Å². The smallest absolute Gasteiger partial charge is 0.307 e. The zero-order valence-corrected chi connectivity index (χ0v) is 19.3. The summed E-state index contributed by atoms with van der Waals surface area (Å²) in [4.78, 5) is 29.0. The van der Waals surface area contributed by atoms with Gasteiger partial charge in [0.2, 0.25) is 5.91 Å². The van der Waals surface area contributed by atoms with E-state index in [4.69, 9.17) is 14.2 Å². The second-order valence-corrected chi connectivity index (χ2v) is 7.80. The first kappa shape index (κ1) is 23.2. The van der Waals surface area contributed by atoms with Gasteiger partial charge in [-0.3, -0.25) is 9.59 Å². The third-order valence-electron chi connectivity index (χ3n) is 5.70. The number of benzene rings is 2. The highest BCUT2D eigenvalue weighted by molar-refractivity contribution is 5.92. The normalized spacial score (nSPS) is 15.3. The number of methoxy groups -OCH3 is 3. The minimum Gasteiger partial charge on any atom is -0.493 e. The molecule has 2 aromatic carbocycles. The van der Waals surface area contributed by atoms with Gasteiger partial charge in [-0.1, -0.05) is 12.1 Å². The summed E-state index contributed by atoms with van der Waals surface area (Å²) in [7, 11) is 8.47. The lowest BCUT2D eigenvalue weighted by Gasteiger charge is -2.36. The summed E-state index contributed by atoms with van der Waals surface area (Å²) >= 11 is 0. The lowest BCUT2D eigenvalue weighted by atomic mass is 9.90. The van der Waals surface area contributed by atoms with Gasteiger partial charge in [-0.25, -0.2) is 0 Å². The Bertz CT molecular complexity index is 998. The molecule has 1 unspecified atom stereocenters. The van der Waals surface area contributed by atoms with Gasteiger partial charge in [0.15, 0.2) is 11.5 Å². The zero-order valence-electron chi connectivity index (χ0n) is 19.3. The minimum atomic E-state index is -0.445. The van der Waals surface area contributed by atoms with Crippen molar-refractivity contribution in [1.82, 2.24) is 4.90 Å². The van der Waals surface area contributed by atoms with Crippen LogP contribution in [0.4, 0.5) is 5.69 Å². The second kappa shape index (κ2) is 10.2. The summed E-state index contributed by atoms with van der Waals surface area (Å²) in [5, 5.41) is 0. The molecular formula is C25H30N2O5. The number of esters is 1. The van der Waals surface area contributed by atoms with Crippen molar-refractivity contribution in [3.8, 4) is 11.5 Å². The van der Waals surface area contributed by atoms with Gasteiger partial charge in [0.1, 0.15) is 0 Å². The third kappa shape index (κ3) is 5.04. The van der Waals surface area contributed by atoms with E-state index in [1.54, 1.807) is 31.3 Å². The van der Waals surface area contributed by atoms with Crippen molar-refractivity contribution in [2.45, 2.75) is 18.9 Å². The molecule has 0 bridgehead atoms. The summed E-state index contributed by atoms with van der Waals surface area (Å²) in [6, 6.07) is 11.3. The first-order valence-electron chi connectivity index (χ1n) is 10.5. The van der Waals surface area contributed by atoms with Crippen molar-refractivity contribution >= 4 is 23.6 Å². The molecule has 0 aliphatic carbocycles. The molecule has 1 aliphatic rings. The van der Waals surface area contributed by atoms with E-state index >= 15 is 0 Å². The highest BCUT2D eigenvalue weighted by atomic mass is 16.5. The maximum atomic E-state index is 13.1. The molecule has 32 heavy (non-hydrogen) atoms. The molecule has 0 radical (unpaired) electrons. The second-order valence-electron chi connectivity index (χ2n) is 7.80. The van der Waals surface area contributed by atoms with E-state index in [2.05, 4.69) is 0 Å². The summed E-state index contributed by atoms with van der Waals surface area (Å²) in [5.74, 6) is 0.658. The quantitative estimate of drug-likeness (QED) is 0.487. The van der Waals surface area contributed by atoms with Crippen LogP contribution in [0.25, 0.3) is 6.08 Å². The molecule has 0 fully saturated rings. The van der Waals surface area contributed by atoms with E-state index in [-0.39, 0.29) is 18.3 Å². The van der Waals surface area contributed by atoms with Crippen molar-refractivity contribution in [1.29, 1.82) is 0 Å². The maximum Gasteiger partial charge on any atom is 0.307 e. The lowest BCUT2D eigenvalue weighted by molar-refractivity contribution is -0.143. The molecule has 0 aromatic heterocycles. The molecule has 0 saturated heterocycles. The number of fused-ring (bicyclic) bond motifs is 1. The Balaban J connectivity index is 1.89. The highest BCUT2D eigenvalue weighted by Crippen LogP contribution is 2.39. The third-order valence-corrected chi connectivity index (χ3v) is 5.70. The van der Waals surface area contributed by atoms with Gasteiger partial charge in [-0.15, -0.1) is 0 Å². The molecule has 0 saturated carbocycles. The number of ether oxygens (including phenoxy) is 3. The Kier molecular flexibility index (Phi) is 7.41. The Morgan fingerprint density at radius 2 is 1.72 bits per heavy atom. The van der Waals surface area contributed by atoms with Gasteiger partial charge in [-0.05, 0) is 53.5 Å². The standard InChI is InChI=1S/C25H30N2O5/c1-26(2)19-9-6-17(7-10-19)8-11-24(28)27-13-12-18-14-22(30-3)23(31-4)15-20(18)21(27)16-25(29)32-5/h6-11,14-15,21H,12-13,16H2,1-5H3/b11-8+. The van der Waals surface area contributed by atoms with Crippen molar-refractivity contribution in [2.75, 3.05) is 46.9 Å². The average Bonchev–Trinajstić information content (AvgIpc) is 2.81. The molecule has 0 spiro atoms. The van der Waals surface area contributed by atoms with Gasteiger partial charge < -0.3 is 24.0 Å². The number of nitrogens with zero attached hydrogens (tertiary/aromatic N) is 2. The summed E-state index contributed by atoms with van der Waals surface area (Å²) in [6.45, 7) is 0.493. The van der Waals surface area contributed by atoms with Gasteiger partial charge in [-0.2, -0.15) is 0 Å². The number of hydrogen-bond acceptors (Lipinski definition) is 6.